The molecule has 116 valence electrons. The molecule has 0 N–H and O–H groups in total. The van der Waals surface area contributed by atoms with Gasteiger partial charge in [0.25, 0.3) is 0 Å². The highest BCUT2D eigenvalue weighted by Crippen LogP contribution is 2.48. The number of fused-ring (bicyclic) bond motifs is 2. The van der Waals surface area contributed by atoms with Crippen LogP contribution in [0.2, 0.25) is 0 Å². The van der Waals surface area contributed by atoms with Crippen LogP contribution in [-0.2, 0) is 14.3 Å². The Morgan fingerprint density at radius 3 is 2.64 bits per heavy atom. The summed E-state index contributed by atoms with van der Waals surface area (Å²) in [4.78, 5) is 24.3. The van der Waals surface area contributed by atoms with Crippen molar-refractivity contribution in [1.29, 1.82) is 0 Å². The van der Waals surface area contributed by atoms with E-state index in [4.69, 9.17) is 4.74 Å². The van der Waals surface area contributed by atoms with Gasteiger partial charge in [0.15, 0.2) is 0 Å². The van der Waals surface area contributed by atoms with E-state index in [0.717, 1.165) is 24.8 Å². The maximum atomic E-state index is 12.7. The highest BCUT2D eigenvalue weighted by Gasteiger charge is 2.45. The maximum absolute atomic E-state index is 12.7. The molecule has 0 unspecified atom stereocenters. The summed E-state index contributed by atoms with van der Waals surface area (Å²) in [5.41, 5.74) is 2.14. The largest absolute Gasteiger partial charge is 0.457 e. The standard InChI is InChI=1S/C19H22O3/c1-12-8-14-10-16(9-12)18(17(21)11-14)19(22-13(2)20)15-6-4-3-5-7-15/h3-7,14,16,18-19H,1,8-11H2,2H3/t14-,16+,18-,19+/m1/s1. The number of carbonyl (C=O) groups is 2. The molecule has 22 heavy (non-hydrogen) atoms. The molecule has 0 aliphatic heterocycles. The van der Waals surface area contributed by atoms with Crippen molar-refractivity contribution in [2.45, 2.75) is 38.7 Å². The first-order chi connectivity index (χ1) is 10.5. The molecule has 3 nitrogen and oxygen atoms in total. The molecular formula is C19H22O3. The Morgan fingerprint density at radius 2 is 1.95 bits per heavy atom. The van der Waals surface area contributed by atoms with Crippen LogP contribution >= 0.6 is 0 Å². The number of carbonyl (C=O) groups excluding carboxylic acids is 2. The Bertz CT molecular complexity index is 590. The first-order valence-electron chi connectivity index (χ1n) is 7.96. The lowest BCUT2D eigenvalue weighted by molar-refractivity contribution is -0.156. The SMILES string of the molecule is C=C1C[C@H]2CC(=O)[C@H]([C@@H](OC(C)=O)c3ccccc3)[C@@H](C1)C2. The summed E-state index contributed by atoms with van der Waals surface area (Å²) in [6.07, 6.45) is 3.00. The molecule has 2 saturated carbocycles. The van der Waals surface area contributed by atoms with E-state index in [-0.39, 0.29) is 23.6 Å². The molecule has 0 amide bonds. The topological polar surface area (TPSA) is 43.4 Å². The molecular weight excluding hydrogens is 276 g/mol. The number of esters is 1. The number of hydrogen-bond acceptors (Lipinski definition) is 3. The first kappa shape index (κ1) is 15.0. The molecule has 2 bridgehead atoms. The second-order valence-electron chi connectivity index (χ2n) is 6.66. The van der Waals surface area contributed by atoms with Crippen molar-refractivity contribution in [1.82, 2.24) is 0 Å². The molecule has 3 heteroatoms. The van der Waals surface area contributed by atoms with Crippen LogP contribution < -0.4 is 0 Å². The number of benzene rings is 1. The lowest BCUT2D eigenvalue weighted by Crippen LogP contribution is -2.40. The molecule has 2 aliphatic carbocycles. The Balaban J connectivity index is 1.93. The van der Waals surface area contributed by atoms with Crippen LogP contribution in [-0.4, -0.2) is 11.8 Å². The molecule has 4 atom stereocenters. The van der Waals surface area contributed by atoms with Crippen molar-refractivity contribution in [2.24, 2.45) is 17.8 Å². The van der Waals surface area contributed by atoms with Crippen molar-refractivity contribution >= 4 is 11.8 Å². The van der Waals surface area contributed by atoms with Crippen LogP contribution in [0.4, 0.5) is 0 Å². The summed E-state index contributed by atoms with van der Waals surface area (Å²) >= 11 is 0. The maximum Gasteiger partial charge on any atom is 0.303 e. The fraction of sp³-hybridized carbons (Fsp3) is 0.474. The van der Waals surface area contributed by atoms with Gasteiger partial charge in [-0.15, -0.1) is 0 Å². The van der Waals surface area contributed by atoms with Crippen LogP contribution in [0.3, 0.4) is 0 Å². The molecule has 2 aliphatic rings. The minimum atomic E-state index is -0.469. The zero-order chi connectivity index (χ0) is 15.7. The number of ketones is 1. The van der Waals surface area contributed by atoms with Gasteiger partial charge >= 0.3 is 5.97 Å². The second-order valence-corrected chi connectivity index (χ2v) is 6.66. The van der Waals surface area contributed by atoms with Gasteiger partial charge in [0.1, 0.15) is 11.9 Å². The van der Waals surface area contributed by atoms with Crippen molar-refractivity contribution in [2.75, 3.05) is 0 Å². The third-order valence-electron chi connectivity index (χ3n) is 4.88. The van der Waals surface area contributed by atoms with Crippen LogP contribution in [0.5, 0.6) is 0 Å². The van der Waals surface area contributed by atoms with E-state index in [1.807, 2.05) is 30.3 Å². The quantitative estimate of drug-likeness (QED) is 0.629. The van der Waals surface area contributed by atoms with Gasteiger partial charge in [-0.05, 0) is 36.7 Å². The van der Waals surface area contributed by atoms with Crippen molar-refractivity contribution in [3.63, 3.8) is 0 Å². The van der Waals surface area contributed by atoms with Crippen LogP contribution in [0, 0.1) is 17.8 Å². The molecule has 0 radical (unpaired) electrons. The molecule has 1 aromatic rings. The summed E-state index contributed by atoms with van der Waals surface area (Å²) < 4.78 is 5.58. The number of hydrogen-bond donors (Lipinski definition) is 0. The summed E-state index contributed by atoms with van der Waals surface area (Å²) in [5.74, 6) is 0.350. The minimum absolute atomic E-state index is 0.236. The third-order valence-corrected chi connectivity index (χ3v) is 4.88. The second kappa shape index (κ2) is 6.07. The lowest BCUT2D eigenvalue weighted by atomic mass is 9.63. The summed E-state index contributed by atoms with van der Waals surface area (Å²) in [5, 5.41) is 0. The van der Waals surface area contributed by atoms with Crippen molar-refractivity contribution < 1.29 is 14.3 Å². The molecule has 0 heterocycles. The van der Waals surface area contributed by atoms with E-state index in [1.54, 1.807) is 0 Å². The fourth-order valence-electron chi connectivity index (χ4n) is 4.16. The van der Waals surface area contributed by atoms with E-state index in [9.17, 15) is 9.59 Å². The van der Waals surface area contributed by atoms with Gasteiger partial charge in [-0.25, -0.2) is 0 Å². The highest BCUT2D eigenvalue weighted by atomic mass is 16.5. The molecule has 0 spiro atoms. The van der Waals surface area contributed by atoms with Gasteiger partial charge < -0.3 is 4.74 Å². The molecule has 2 fully saturated rings. The van der Waals surface area contributed by atoms with E-state index >= 15 is 0 Å². The zero-order valence-electron chi connectivity index (χ0n) is 13.0. The molecule has 1 aromatic carbocycles. The summed E-state index contributed by atoms with van der Waals surface area (Å²) in [6, 6.07) is 9.63. The van der Waals surface area contributed by atoms with Gasteiger partial charge in [0.2, 0.25) is 0 Å². The monoisotopic (exact) mass is 298 g/mol. The van der Waals surface area contributed by atoms with Crippen LogP contribution in [0.25, 0.3) is 0 Å². The van der Waals surface area contributed by atoms with E-state index in [1.165, 1.54) is 12.5 Å². The molecule has 0 aromatic heterocycles. The van der Waals surface area contributed by atoms with Gasteiger partial charge in [-0.2, -0.15) is 0 Å². The number of rotatable bonds is 3. The summed E-state index contributed by atoms with van der Waals surface area (Å²) in [7, 11) is 0. The lowest BCUT2D eigenvalue weighted by Gasteiger charge is -2.42. The molecule has 0 saturated heterocycles. The third kappa shape index (κ3) is 2.99. The Kier molecular flexibility index (Phi) is 4.14. The zero-order valence-corrected chi connectivity index (χ0v) is 13.0. The van der Waals surface area contributed by atoms with Crippen molar-refractivity contribution in [3.05, 3.63) is 48.0 Å². The average Bonchev–Trinajstić information content (AvgIpc) is 2.45. The predicted molar refractivity (Wildman–Crippen MR) is 84.0 cm³/mol. The first-order valence-corrected chi connectivity index (χ1v) is 7.96. The number of ether oxygens (including phenoxy) is 1. The van der Waals surface area contributed by atoms with Gasteiger partial charge in [0.05, 0.1) is 5.92 Å². The highest BCUT2D eigenvalue weighted by molar-refractivity contribution is 5.84. The number of allylic oxidation sites excluding steroid dienone is 1. The van der Waals surface area contributed by atoms with Gasteiger partial charge in [-0.1, -0.05) is 42.5 Å². The Labute approximate surface area is 131 Å². The van der Waals surface area contributed by atoms with Crippen molar-refractivity contribution in [3.8, 4) is 0 Å². The van der Waals surface area contributed by atoms with E-state index in [2.05, 4.69) is 6.58 Å². The number of Topliss-reactive ketones (excluding diaryl/α,β-unsaturated/α-hetero) is 1. The minimum Gasteiger partial charge on any atom is -0.457 e. The smallest absolute Gasteiger partial charge is 0.303 e. The van der Waals surface area contributed by atoms with Gasteiger partial charge in [-0.3, -0.25) is 9.59 Å². The fourth-order valence-corrected chi connectivity index (χ4v) is 4.16. The molecule has 3 rings (SSSR count). The van der Waals surface area contributed by atoms with E-state index in [0.29, 0.717) is 12.3 Å². The summed E-state index contributed by atoms with van der Waals surface area (Å²) in [6.45, 7) is 5.54. The predicted octanol–water partition coefficient (Wildman–Crippen LogP) is 3.85. The van der Waals surface area contributed by atoms with E-state index < -0.39 is 6.10 Å². The van der Waals surface area contributed by atoms with Crippen LogP contribution in [0.1, 0.15) is 44.3 Å². The Hall–Kier alpha value is -1.90. The Morgan fingerprint density at radius 1 is 1.23 bits per heavy atom. The average molecular weight is 298 g/mol. The van der Waals surface area contributed by atoms with Crippen LogP contribution in [0.15, 0.2) is 42.5 Å². The van der Waals surface area contributed by atoms with Gasteiger partial charge in [0, 0.05) is 13.3 Å². The normalized spacial score (nSPS) is 29.0.